The van der Waals surface area contributed by atoms with Crippen molar-refractivity contribution in [3.05, 3.63) is 174 Å². The summed E-state index contributed by atoms with van der Waals surface area (Å²) in [5, 5.41) is 10.9. The summed E-state index contributed by atoms with van der Waals surface area (Å²) < 4.78 is 11.7. The summed E-state index contributed by atoms with van der Waals surface area (Å²) in [5.74, 6) is 1.46. The number of benzene rings is 7. The Morgan fingerprint density at radius 3 is 2.22 bits per heavy atom. The molecule has 0 bridgehead atoms. The van der Waals surface area contributed by atoms with Crippen LogP contribution in [0.25, 0.3) is 69.6 Å². The predicted molar refractivity (Wildman–Crippen MR) is 213 cm³/mol. The van der Waals surface area contributed by atoms with Crippen molar-refractivity contribution in [3.63, 3.8) is 0 Å². The van der Waals surface area contributed by atoms with Crippen LogP contribution < -0.4 is 5.32 Å². The SMILES string of the molecule is c1ccc(C2=NC(c3ccccc3)NC(c3ccc4c(c3)oc3cccc(-n5c6ccccc6c6c7sc8ccccc8c7ccc65)c34)=N2)cc1. The van der Waals surface area contributed by atoms with Crippen molar-refractivity contribution in [3.8, 4) is 5.69 Å². The first-order valence-electron chi connectivity index (χ1n) is 17.1. The van der Waals surface area contributed by atoms with Crippen molar-refractivity contribution in [1.29, 1.82) is 0 Å². The Labute approximate surface area is 296 Å². The van der Waals surface area contributed by atoms with Gasteiger partial charge in [-0.15, -0.1) is 11.3 Å². The van der Waals surface area contributed by atoms with Gasteiger partial charge in [0.05, 0.1) is 22.1 Å². The van der Waals surface area contributed by atoms with Crippen LogP contribution in [0.1, 0.15) is 22.9 Å². The van der Waals surface area contributed by atoms with Crippen LogP contribution in [0, 0.1) is 0 Å². The molecule has 1 aliphatic rings. The quantitative estimate of drug-likeness (QED) is 0.202. The number of aromatic nitrogens is 1. The molecule has 0 aliphatic carbocycles. The molecule has 0 fully saturated rings. The second-order valence-corrected chi connectivity index (χ2v) is 14.0. The molecule has 240 valence electrons. The van der Waals surface area contributed by atoms with Crippen molar-refractivity contribution >= 4 is 86.9 Å². The molecule has 0 amide bonds. The van der Waals surface area contributed by atoms with Crippen molar-refractivity contribution in [2.24, 2.45) is 9.98 Å². The first-order chi connectivity index (χ1) is 25.3. The summed E-state index contributed by atoms with van der Waals surface area (Å²) in [4.78, 5) is 10.0. The molecule has 51 heavy (non-hydrogen) atoms. The fourth-order valence-electron chi connectivity index (χ4n) is 7.75. The molecule has 1 atom stereocenters. The zero-order chi connectivity index (χ0) is 33.5. The number of aliphatic imine (C=N–C) groups is 2. The molecule has 1 aliphatic heterocycles. The highest BCUT2D eigenvalue weighted by Crippen LogP contribution is 2.44. The maximum atomic E-state index is 6.66. The predicted octanol–water partition coefficient (Wildman–Crippen LogP) is 11.5. The minimum atomic E-state index is -0.269. The van der Waals surface area contributed by atoms with E-state index in [-0.39, 0.29) is 6.17 Å². The number of hydrogen-bond donors (Lipinski definition) is 1. The minimum Gasteiger partial charge on any atom is -0.456 e. The lowest BCUT2D eigenvalue weighted by Crippen LogP contribution is -2.33. The van der Waals surface area contributed by atoms with Crippen LogP contribution in [0.5, 0.6) is 0 Å². The van der Waals surface area contributed by atoms with E-state index >= 15 is 0 Å². The third-order valence-corrected chi connectivity index (χ3v) is 11.3. The maximum absolute atomic E-state index is 6.66. The van der Waals surface area contributed by atoms with Gasteiger partial charge < -0.3 is 14.3 Å². The Balaban J connectivity index is 1.10. The second kappa shape index (κ2) is 11.0. The van der Waals surface area contributed by atoms with Gasteiger partial charge in [0, 0.05) is 47.5 Å². The van der Waals surface area contributed by atoms with Gasteiger partial charge in [-0.2, -0.15) is 0 Å². The first kappa shape index (κ1) is 28.3. The molecule has 7 aromatic carbocycles. The van der Waals surface area contributed by atoms with Gasteiger partial charge in [-0.25, -0.2) is 9.98 Å². The van der Waals surface area contributed by atoms with Gasteiger partial charge in [0.2, 0.25) is 0 Å². The number of rotatable bonds is 4. The number of nitrogens with one attached hydrogen (secondary N) is 1. The normalized spacial score (nSPS) is 14.9. The number of thiophene rings is 1. The molecule has 0 saturated heterocycles. The van der Waals surface area contributed by atoms with E-state index in [1.807, 2.05) is 47.7 Å². The van der Waals surface area contributed by atoms with E-state index in [1.165, 1.54) is 42.0 Å². The lowest BCUT2D eigenvalue weighted by atomic mass is 10.1. The van der Waals surface area contributed by atoms with Crippen LogP contribution in [0.4, 0.5) is 0 Å². The van der Waals surface area contributed by atoms with Crippen LogP contribution >= 0.6 is 11.3 Å². The fraction of sp³-hybridized carbons (Fsp3) is 0.0222. The van der Waals surface area contributed by atoms with Gasteiger partial charge in [-0.05, 0) is 48.0 Å². The minimum absolute atomic E-state index is 0.269. The number of amidine groups is 2. The molecule has 0 saturated carbocycles. The van der Waals surface area contributed by atoms with Gasteiger partial charge >= 0.3 is 0 Å². The zero-order valence-electron chi connectivity index (χ0n) is 27.2. The average molecular weight is 673 g/mol. The van der Waals surface area contributed by atoms with Gasteiger partial charge in [-0.1, -0.05) is 115 Å². The van der Waals surface area contributed by atoms with E-state index in [0.29, 0.717) is 5.84 Å². The Morgan fingerprint density at radius 1 is 0.569 bits per heavy atom. The Hall–Kier alpha value is -6.50. The Morgan fingerprint density at radius 2 is 1.33 bits per heavy atom. The van der Waals surface area contributed by atoms with Crippen molar-refractivity contribution in [2.75, 3.05) is 0 Å². The molecule has 11 rings (SSSR count). The number of hydrogen-bond acceptors (Lipinski definition) is 5. The monoisotopic (exact) mass is 672 g/mol. The van der Waals surface area contributed by atoms with Crippen LogP contribution in [-0.2, 0) is 0 Å². The van der Waals surface area contributed by atoms with E-state index < -0.39 is 0 Å². The van der Waals surface area contributed by atoms with Gasteiger partial charge in [0.25, 0.3) is 0 Å². The third kappa shape index (κ3) is 4.33. The van der Waals surface area contributed by atoms with Crippen LogP contribution in [-0.4, -0.2) is 16.2 Å². The molecule has 4 heterocycles. The Bertz CT molecular complexity index is 3060. The molecular weight excluding hydrogens is 645 g/mol. The van der Waals surface area contributed by atoms with Crippen molar-refractivity contribution in [2.45, 2.75) is 6.17 Å². The summed E-state index contributed by atoms with van der Waals surface area (Å²) >= 11 is 1.88. The molecule has 1 unspecified atom stereocenters. The number of nitrogens with zero attached hydrogens (tertiary/aromatic N) is 3. The van der Waals surface area contributed by atoms with Gasteiger partial charge in [0.1, 0.15) is 23.2 Å². The average Bonchev–Trinajstić information content (AvgIpc) is 3.87. The largest absolute Gasteiger partial charge is 0.456 e. The van der Waals surface area contributed by atoms with Crippen LogP contribution in [0.2, 0.25) is 0 Å². The summed E-state index contributed by atoms with van der Waals surface area (Å²) in [6, 6.07) is 55.3. The zero-order valence-corrected chi connectivity index (χ0v) is 28.1. The maximum Gasteiger partial charge on any atom is 0.159 e. The highest BCUT2D eigenvalue weighted by Gasteiger charge is 2.23. The molecule has 10 aromatic rings. The fourth-order valence-corrected chi connectivity index (χ4v) is 9.01. The van der Waals surface area contributed by atoms with E-state index in [9.17, 15) is 0 Å². The standard InChI is InChI=1S/C45H28N4OS/c1-3-12-27(13-4-1)43-46-44(28-14-5-2-6-15-28)48-45(47-43)29-22-23-33-38(26-29)50-37-20-11-19-35(40(33)37)49-34-18-9-7-17-32(34)41-36(49)25-24-31-30-16-8-10-21-39(30)51-42(31)41/h1-26,43H,(H,46,47,48). The molecular formula is C45H28N4OS. The smallest absolute Gasteiger partial charge is 0.159 e. The van der Waals surface area contributed by atoms with Crippen molar-refractivity contribution in [1.82, 2.24) is 9.88 Å². The summed E-state index contributed by atoms with van der Waals surface area (Å²) in [6.07, 6.45) is -0.269. The summed E-state index contributed by atoms with van der Waals surface area (Å²) in [7, 11) is 0. The molecule has 6 heteroatoms. The summed E-state index contributed by atoms with van der Waals surface area (Å²) in [5.41, 5.74) is 8.12. The number of furan rings is 1. The lowest BCUT2D eigenvalue weighted by molar-refractivity contribution is 0.666. The van der Waals surface area contributed by atoms with E-state index in [1.54, 1.807) is 0 Å². The molecule has 0 radical (unpaired) electrons. The highest BCUT2D eigenvalue weighted by atomic mass is 32.1. The van der Waals surface area contributed by atoms with Crippen molar-refractivity contribution < 1.29 is 4.42 Å². The van der Waals surface area contributed by atoms with Crippen LogP contribution in [0.3, 0.4) is 0 Å². The van der Waals surface area contributed by atoms with E-state index in [0.717, 1.165) is 50.2 Å². The lowest BCUT2D eigenvalue weighted by Gasteiger charge is -2.23. The molecule has 5 nitrogen and oxygen atoms in total. The highest BCUT2D eigenvalue weighted by molar-refractivity contribution is 7.26. The van der Waals surface area contributed by atoms with Gasteiger partial charge in [-0.3, -0.25) is 0 Å². The molecule has 3 aromatic heterocycles. The van der Waals surface area contributed by atoms with Crippen LogP contribution in [0.15, 0.2) is 172 Å². The topological polar surface area (TPSA) is 54.8 Å². The molecule has 0 spiro atoms. The van der Waals surface area contributed by atoms with E-state index in [2.05, 4.69) is 131 Å². The first-order valence-corrected chi connectivity index (χ1v) is 17.9. The third-order valence-electron chi connectivity index (χ3n) is 10.1. The number of para-hydroxylation sites is 1. The van der Waals surface area contributed by atoms with Gasteiger partial charge in [0.15, 0.2) is 5.84 Å². The Kier molecular flexibility index (Phi) is 6.12. The molecule has 1 N–H and O–H groups in total. The second-order valence-electron chi connectivity index (χ2n) is 13.0. The summed E-state index contributed by atoms with van der Waals surface area (Å²) in [6.45, 7) is 0. The van der Waals surface area contributed by atoms with E-state index in [4.69, 9.17) is 14.4 Å². The number of fused-ring (bicyclic) bond motifs is 10.